The Bertz CT molecular complexity index is 354. The van der Waals surface area contributed by atoms with E-state index >= 15 is 0 Å². The van der Waals surface area contributed by atoms with Crippen molar-refractivity contribution in [3.8, 4) is 0 Å². The second-order valence-corrected chi connectivity index (χ2v) is 5.70. The van der Waals surface area contributed by atoms with Crippen LogP contribution in [-0.2, 0) is 0 Å². The molecule has 0 radical (unpaired) electrons. The van der Waals surface area contributed by atoms with Crippen LogP contribution in [0.5, 0.6) is 0 Å². The number of halogens is 4. The van der Waals surface area contributed by atoms with Crippen molar-refractivity contribution in [2.75, 3.05) is 5.73 Å². The van der Waals surface area contributed by atoms with Crippen LogP contribution in [0.3, 0.4) is 0 Å². The summed E-state index contributed by atoms with van der Waals surface area (Å²) < 4.78 is 0.416. The fourth-order valence-electron chi connectivity index (χ4n) is 1.38. The second kappa shape index (κ2) is 4.09. The molecule has 0 amide bonds. The number of nitrogen functional groups attached to an aromatic ring is 1. The molecule has 1 aliphatic carbocycles. The largest absolute Gasteiger partial charge is 0.399 e. The Hall–Kier alpha value is 0.370. The summed E-state index contributed by atoms with van der Waals surface area (Å²) in [6, 6.07) is 5.70. The Kier molecular flexibility index (Phi) is 3.63. The fraction of sp³-hybridized carbons (Fsp3) is 0.333. The standard InChI is InChI=1S/C9H8BrCl2N.ClH/c10-8-3-5(13)1-2-6(8)7-4-9(7,11)12;/h1-3,7H,4,13H2;1H. The maximum Gasteiger partial charge on any atom is 0.126 e. The molecule has 0 aromatic heterocycles. The predicted molar refractivity (Wildman–Crippen MR) is 67.6 cm³/mol. The molecule has 1 unspecified atom stereocenters. The lowest BCUT2D eigenvalue weighted by Gasteiger charge is -2.04. The molecule has 0 bridgehead atoms. The van der Waals surface area contributed by atoms with Crippen LogP contribution in [0.4, 0.5) is 5.69 Å². The van der Waals surface area contributed by atoms with Gasteiger partial charge >= 0.3 is 0 Å². The molecule has 1 saturated carbocycles. The summed E-state index contributed by atoms with van der Waals surface area (Å²) in [6.07, 6.45) is 0.818. The normalized spacial score (nSPS) is 22.6. The predicted octanol–water partition coefficient (Wildman–Crippen LogP) is 4.11. The summed E-state index contributed by atoms with van der Waals surface area (Å²) in [5.74, 6) is 0.241. The number of alkyl halides is 2. The van der Waals surface area contributed by atoms with Gasteiger partial charge in [0.05, 0.1) is 0 Å². The Labute approximate surface area is 107 Å². The Morgan fingerprint density at radius 3 is 2.43 bits per heavy atom. The molecule has 2 N–H and O–H groups in total. The molecule has 1 aromatic rings. The van der Waals surface area contributed by atoms with Crippen LogP contribution in [0.2, 0.25) is 0 Å². The lowest BCUT2D eigenvalue weighted by atomic mass is 10.1. The van der Waals surface area contributed by atoms with Gasteiger partial charge in [-0.3, -0.25) is 0 Å². The lowest BCUT2D eigenvalue weighted by Crippen LogP contribution is -1.92. The van der Waals surface area contributed by atoms with Crippen molar-refractivity contribution >= 4 is 57.2 Å². The zero-order valence-electron chi connectivity index (χ0n) is 7.14. The zero-order chi connectivity index (χ0) is 9.64. The second-order valence-electron chi connectivity index (χ2n) is 3.30. The van der Waals surface area contributed by atoms with Crippen LogP contribution in [0.25, 0.3) is 0 Å². The molecular weight excluding hydrogens is 308 g/mol. The van der Waals surface area contributed by atoms with Gasteiger partial charge in [0, 0.05) is 16.1 Å². The van der Waals surface area contributed by atoms with E-state index in [0.29, 0.717) is 0 Å². The molecule has 0 saturated heterocycles. The highest BCUT2D eigenvalue weighted by Gasteiger charge is 2.53. The minimum Gasteiger partial charge on any atom is -0.399 e. The van der Waals surface area contributed by atoms with E-state index in [2.05, 4.69) is 15.9 Å². The topological polar surface area (TPSA) is 26.0 Å². The maximum absolute atomic E-state index is 5.97. The third-order valence-electron chi connectivity index (χ3n) is 2.23. The zero-order valence-corrected chi connectivity index (χ0v) is 11.1. The molecule has 1 aliphatic rings. The van der Waals surface area contributed by atoms with Gasteiger partial charge in [-0.15, -0.1) is 35.6 Å². The highest BCUT2D eigenvalue weighted by atomic mass is 79.9. The van der Waals surface area contributed by atoms with Crippen LogP contribution < -0.4 is 5.73 Å². The van der Waals surface area contributed by atoms with E-state index in [4.69, 9.17) is 28.9 Å². The maximum atomic E-state index is 5.97. The third kappa shape index (κ3) is 2.30. The molecule has 78 valence electrons. The van der Waals surface area contributed by atoms with Gasteiger partial charge in [-0.1, -0.05) is 22.0 Å². The Morgan fingerprint density at radius 2 is 2.00 bits per heavy atom. The SMILES string of the molecule is Cl.Nc1ccc(C2CC2(Cl)Cl)c(Br)c1. The van der Waals surface area contributed by atoms with Crippen molar-refractivity contribution in [2.45, 2.75) is 16.7 Å². The quantitative estimate of drug-likeness (QED) is 0.612. The average molecular weight is 317 g/mol. The van der Waals surface area contributed by atoms with E-state index in [9.17, 15) is 0 Å². The summed E-state index contributed by atoms with van der Waals surface area (Å²) in [6.45, 7) is 0. The van der Waals surface area contributed by atoms with Crippen molar-refractivity contribution in [3.05, 3.63) is 28.2 Å². The molecule has 1 atom stereocenters. The molecule has 0 spiro atoms. The van der Waals surface area contributed by atoms with Gasteiger partial charge < -0.3 is 5.73 Å². The van der Waals surface area contributed by atoms with Gasteiger partial charge in [0.1, 0.15) is 4.33 Å². The van der Waals surface area contributed by atoms with E-state index in [-0.39, 0.29) is 18.3 Å². The minimum atomic E-state index is -0.571. The molecule has 1 fully saturated rings. The lowest BCUT2D eigenvalue weighted by molar-refractivity contribution is 1.09. The van der Waals surface area contributed by atoms with Crippen molar-refractivity contribution < 1.29 is 0 Å². The van der Waals surface area contributed by atoms with E-state index in [0.717, 1.165) is 22.1 Å². The van der Waals surface area contributed by atoms with Gasteiger partial charge in [0.25, 0.3) is 0 Å². The first kappa shape index (κ1) is 12.4. The first-order valence-corrected chi connectivity index (χ1v) is 5.48. The number of benzene rings is 1. The fourth-order valence-corrected chi connectivity index (χ4v) is 2.59. The molecule has 1 nitrogen and oxygen atoms in total. The molecule has 0 heterocycles. The van der Waals surface area contributed by atoms with E-state index in [1.165, 1.54) is 0 Å². The van der Waals surface area contributed by atoms with Gasteiger partial charge in [0.2, 0.25) is 0 Å². The molecular formula is C9H9BrCl3N. The smallest absolute Gasteiger partial charge is 0.126 e. The van der Waals surface area contributed by atoms with E-state index in [1.54, 1.807) is 0 Å². The first-order chi connectivity index (χ1) is 6.00. The van der Waals surface area contributed by atoms with Crippen LogP contribution in [0, 0.1) is 0 Å². The monoisotopic (exact) mass is 315 g/mol. The molecule has 2 rings (SSSR count). The van der Waals surface area contributed by atoms with Crippen LogP contribution >= 0.6 is 51.5 Å². The van der Waals surface area contributed by atoms with Gasteiger partial charge in [-0.25, -0.2) is 0 Å². The summed E-state index contributed by atoms with van der Waals surface area (Å²) in [5.41, 5.74) is 7.50. The molecule has 0 aliphatic heterocycles. The van der Waals surface area contributed by atoms with Gasteiger partial charge in [-0.05, 0) is 24.1 Å². The van der Waals surface area contributed by atoms with E-state index < -0.39 is 4.33 Å². The highest BCUT2D eigenvalue weighted by molar-refractivity contribution is 9.10. The van der Waals surface area contributed by atoms with Crippen LogP contribution in [0.15, 0.2) is 22.7 Å². The van der Waals surface area contributed by atoms with Crippen molar-refractivity contribution in [1.82, 2.24) is 0 Å². The highest BCUT2D eigenvalue weighted by Crippen LogP contribution is 2.60. The van der Waals surface area contributed by atoms with Gasteiger partial charge in [0.15, 0.2) is 0 Å². The van der Waals surface area contributed by atoms with Crippen molar-refractivity contribution in [1.29, 1.82) is 0 Å². The van der Waals surface area contributed by atoms with Crippen molar-refractivity contribution in [2.24, 2.45) is 0 Å². The van der Waals surface area contributed by atoms with E-state index in [1.807, 2.05) is 18.2 Å². The van der Waals surface area contributed by atoms with Crippen LogP contribution in [0.1, 0.15) is 17.9 Å². The summed E-state index contributed by atoms with van der Waals surface area (Å²) in [5, 5.41) is 0. The summed E-state index contributed by atoms with van der Waals surface area (Å²) in [7, 11) is 0. The number of nitrogens with two attached hydrogens (primary N) is 1. The van der Waals surface area contributed by atoms with Crippen LogP contribution in [-0.4, -0.2) is 4.33 Å². The first-order valence-electron chi connectivity index (χ1n) is 3.93. The Balaban J connectivity index is 0.000000980. The Morgan fingerprint density at radius 1 is 1.43 bits per heavy atom. The minimum absolute atomic E-state index is 0. The average Bonchev–Trinajstić information content (AvgIpc) is 2.59. The van der Waals surface area contributed by atoms with Crippen molar-refractivity contribution in [3.63, 3.8) is 0 Å². The molecule has 5 heteroatoms. The number of hydrogen-bond donors (Lipinski definition) is 1. The number of anilines is 1. The summed E-state index contributed by atoms with van der Waals surface area (Å²) >= 11 is 15.4. The van der Waals surface area contributed by atoms with Gasteiger partial charge in [-0.2, -0.15) is 0 Å². The summed E-state index contributed by atoms with van der Waals surface area (Å²) in [4.78, 5) is 0. The molecule has 1 aromatic carbocycles. The number of hydrogen-bond acceptors (Lipinski definition) is 1. The molecule has 14 heavy (non-hydrogen) atoms. The third-order valence-corrected chi connectivity index (χ3v) is 3.75. The number of rotatable bonds is 1.